The molecule has 5 heteroatoms. The SMILES string of the molecule is Nc1c(C(=O)O)ccc(Cl)c1C(=O)c1ccccc1. The van der Waals surface area contributed by atoms with Gasteiger partial charge in [-0.25, -0.2) is 4.79 Å². The van der Waals surface area contributed by atoms with Gasteiger partial charge in [-0.2, -0.15) is 0 Å². The Labute approximate surface area is 114 Å². The van der Waals surface area contributed by atoms with Crippen molar-refractivity contribution in [3.05, 3.63) is 64.2 Å². The average molecular weight is 276 g/mol. The van der Waals surface area contributed by atoms with Crippen LogP contribution < -0.4 is 5.73 Å². The van der Waals surface area contributed by atoms with Gasteiger partial charge in [0.25, 0.3) is 0 Å². The molecule has 2 rings (SSSR count). The highest BCUT2D eigenvalue weighted by Crippen LogP contribution is 2.28. The monoisotopic (exact) mass is 275 g/mol. The Kier molecular flexibility index (Phi) is 3.53. The number of rotatable bonds is 3. The van der Waals surface area contributed by atoms with Crippen LogP contribution in [0.15, 0.2) is 42.5 Å². The molecule has 0 fully saturated rings. The van der Waals surface area contributed by atoms with Gasteiger partial charge in [-0.15, -0.1) is 0 Å². The number of carbonyl (C=O) groups excluding carboxylic acids is 1. The smallest absolute Gasteiger partial charge is 0.337 e. The summed E-state index contributed by atoms with van der Waals surface area (Å²) in [6, 6.07) is 11.1. The van der Waals surface area contributed by atoms with Crippen molar-refractivity contribution in [3.8, 4) is 0 Å². The molecule has 96 valence electrons. The molecular formula is C14H10ClNO3. The van der Waals surface area contributed by atoms with E-state index < -0.39 is 11.8 Å². The van der Waals surface area contributed by atoms with Crippen molar-refractivity contribution in [1.29, 1.82) is 0 Å². The predicted octanol–water partition coefficient (Wildman–Crippen LogP) is 2.85. The van der Waals surface area contributed by atoms with E-state index in [1.165, 1.54) is 12.1 Å². The number of carboxylic acid groups (broad SMARTS) is 1. The van der Waals surface area contributed by atoms with E-state index >= 15 is 0 Å². The van der Waals surface area contributed by atoms with Crippen LogP contribution in [0.2, 0.25) is 5.02 Å². The summed E-state index contributed by atoms with van der Waals surface area (Å²) in [6.45, 7) is 0. The molecule has 0 aliphatic rings. The van der Waals surface area contributed by atoms with E-state index in [1.54, 1.807) is 30.3 Å². The Balaban J connectivity index is 2.60. The van der Waals surface area contributed by atoms with E-state index in [0.29, 0.717) is 5.56 Å². The second kappa shape index (κ2) is 5.12. The van der Waals surface area contributed by atoms with Crippen molar-refractivity contribution >= 4 is 29.0 Å². The number of hydrogen-bond donors (Lipinski definition) is 2. The molecule has 0 saturated carbocycles. The van der Waals surface area contributed by atoms with Crippen LogP contribution >= 0.6 is 11.6 Å². The number of benzene rings is 2. The molecule has 19 heavy (non-hydrogen) atoms. The lowest BCUT2D eigenvalue weighted by atomic mass is 9.99. The van der Waals surface area contributed by atoms with Gasteiger partial charge in [0, 0.05) is 5.56 Å². The summed E-state index contributed by atoms with van der Waals surface area (Å²) in [5.74, 6) is -1.59. The maximum Gasteiger partial charge on any atom is 0.337 e. The number of hydrogen-bond acceptors (Lipinski definition) is 3. The van der Waals surface area contributed by atoms with Gasteiger partial charge in [-0.1, -0.05) is 41.9 Å². The maximum atomic E-state index is 12.3. The summed E-state index contributed by atoms with van der Waals surface area (Å²) in [5.41, 5.74) is 5.91. The number of ketones is 1. The highest BCUT2D eigenvalue weighted by molar-refractivity contribution is 6.36. The lowest BCUT2D eigenvalue weighted by Gasteiger charge is -2.09. The molecule has 2 aromatic rings. The molecule has 0 bridgehead atoms. The van der Waals surface area contributed by atoms with E-state index in [4.69, 9.17) is 22.4 Å². The van der Waals surface area contributed by atoms with Crippen LogP contribution in [-0.2, 0) is 0 Å². The van der Waals surface area contributed by atoms with Crippen molar-refractivity contribution in [2.24, 2.45) is 0 Å². The fourth-order valence-corrected chi connectivity index (χ4v) is 1.99. The van der Waals surface area contributed by atoms with Crippen LogP contribution in [0, 0.1) is 0 Å². The second-order valence-corrected chi connectivity index (χ2v) is 4.29. The number of carbonyl (C=O) groups is 2. The van der Waals surface area contributed by atoms with Crippen LogP contribution in [-0.4, -0.2) is 16.9 Å². The number of halogens is 1. The van der Waals surface area contributed by atoms with Gasteiger partial charge in [0.15, 0.2) is 5.78 Å². The predicted molar refractivity (Wildman–Crippen MR) is 72.7 cm³/mol. The van der Waals surface area contributed by atoms with E-state index in [1.807, 2.05) is 0 Å². The lowest BCUT2D eigenvalue weighted by Crippen LogP contribution is -2.11. The minimum absolute atomic E-state index is 0.0211. The summed E-state index contributed by atoms with van der Waals surface area (Å²) in [7, 11) is 0. The van der Waals surface area contributed by atoms with Crippen molar-refractivity contribution in [3.63, 3.8) is 0 Å². The van der Waals surface area contributed by atoms with Crippen LogP contribution in [0.4, 0.5) is 5.69 Å². The van der Waals surface area contributed by atoms with Gasteiger partial charge in [0.1, 0.15) is 0 Å². The fraction of sp³-hybridized carbons (Fsp3) is 0. The standard InChI is InChI=1S/C14H10ClNO3/c15-10-7-6-9(14(18)19)12(16)11(10)13(17)8-4-2-1-3-5-8/h1-7H,16H2,(H,18,19). The first kappa shape index (κ1) is 13.1. The zero-order valence-electron chi connectivity index (χ0n) is 9.76. The summed E-state index contributed by atoms with van der Waals surface area (Å²) in [5, 5.41) is 9.13. The quantitative estimate of drug-likeness (QED) is 0.667. The van der Waals surface area contributed by atoms with Gasteiger partial charge < -0.3 is 10.8 Å². The molecule has 0 spiro atoms. The Morgan fingerprint density at radius 1 is 1.05 bits per heavy atom. The number of carboxylic acids is 1. The molecule has 2 aromatic carbocycles. The first-order valence-corrected chi connectivity index (χ1v) is 5.81. The molecule has 0 saturated heterocycles. The minimum Gasteiger partial charge on any atom is -0.478 e. The molecule has 3 N–H and O–H groups in total. The number of aromatic carboxylic acids is 1. The van der Waals surface area contributed by atoms with Gasteiger partial charge >= 0.3 is 5.97 Å². The molecule has 0 aliphatic heterocycles. The zero-order valence-corrected chi connectivity index (χ0v) is 10.5. The molecule has 4 nitrogen and oxygen atoms in total. The molecular weight excluding hydrogens is 266 g/mol. The highest BCUT2D eigenvalue weighted by atomic mass is 35.5. The Morgan fingerprint density at radius 2 is 1.68 bits per heavy atom. The van der Waals surface area contributed by atoms with E-state index in [-0.39, 0.29) is 21.8 Å². The molecule has 0 atom stereocenters. The number of nitrogens with two attached hydrogens (primary N) is 1. The number of nitrogen functional groups attached to an aromatic ring is 1. The maximum absolute atomic E-state index is 12.3. The average Bonchev–Trinajstić information content (AvgIpc) is 2.39. The van der Waals surface area contributed by atoms with Gasteiger partial charge in [0.05, 0.1) is 21.8 Å². The Morgan fingerprint density at radius 3 is 2.26 bits per heavy atom. The van der Waals surface area contributed by atoms with Gasteiger partial charge in [-0.3, -0.25) is 4.79 Å². The summed E-state index contributed by atoms with van der Waals surface area (Å²) in [4.78, 5) is 23.3. The lowest BCUT2D eigenvalue weighted by molar-refractivity contribution is 0.0698. The minimum atomic E-state index is -1.20. The van der Waals surface area contributed by atoms with Gasteiger partial charge in [-0.05, 0) is 12.1 Å². The van der Waals surface area contributed by atoms with Crippen LogP contribution in [0.25, 0.3) is 0 Å². The Hall–Kier alpha value is -2.33. The Bertz CT molecular complexity index is 653. The van der Waals surface area contributed by atoms with Crippen molar-refractivity contribution < 1.29 is 14.7 Å². The van der Waals surface area contributed by atoms with E-state index in [2.05, 4.69) is 0 Å². The van der Waals surface area contributed by atoms with Gasteiger partial charge in [0.2, 0.25) is 0 Å². The molecule has 0 amide bonds. The normalized spacial score (nSPS) is 10.2. The molecule has 0 unspecified atom stereocenters. The van der Waals surface area contributed by atoms with Crippen LogP contribution in [0.3, 0.4) is 0 Å². The van der Waals surface area contributed by atoms with Crippen LogP contribution in [0.1, 0.15) is 26.3 Å². The number of anilines is 1. The second-order valence-electron chi connectivity index (χ2n) is 3.88. The third kappa shape index (κ3) is 2.44. The van der Waals surface area contributed by atoms with Crippen molar-refractivity contribution in [1.82, 2.24) is 0 Å². The zero-order chi connectivity index (χ0) is 14.0. The molecule has 0 heterocycles. The van der Waals surface area contributed by atoms with Crippen LogP contribution in [0.5, 0.6) is 0 Å². The third-order valence-electron chi connectivity index (χ3n) is 2.69. The fourth-order valence-electron chi connectivity index (χ4n) is 1.74. The van der Waals surface area contributed by atoms with Crippen molar-refractivity contribution in [2.75, 3.05) is 5.73 Å². The van der Waals surface area contributed by atoms with E-state index in [0.717, 1.165) is 0 Å². The molecule has 0 aliphatic carbocycles. The first-order chi connectivity index (χ1) is 9.02. The largest absolute Gasteiger partial charge is 0.478 e. The first-order valence-electron chi connectivity index (χ1n) is 5.43. The molecule has 0 aromatic heterocycles. The molecule has 0 radical (unpaired) electrons. The summed E-state index contributed by atoms with van der Waals surface area (Å²) < 4.78 is 0. The topological polar surface area (TPSA) is 80.4 Å². The summed E-state index contributed by atoms with van der Waals surface area (Å²) in [6.07, 6.45) is 0. The highest BCUT2D eigenvalue weighted by Gasteiger charge is 2.20. The van der Waals surface area contributed by atoms with E-state index in [9.17, 15) is 9.59 Å². The van der Waals surface area contributed by atoms with Crippen molar-refractivity contribution in [2.45, 2.75) is 0 Å². The summed E-state index contributed by atoms with van der Waals surface area (Å²) >= 11 is 5.96. The third-order valence-corrected chi connectivity index (χ3v) is 3.00.